The van der Waals surface area contributed by atoms with Crippen molar-refractivity contribution in [2.24, 2.45) is 0 Å². The number of nitrogens with zero attached hydrogens (tertiary/aromatic N) is 4. The van der Waals surface area contributed by atoms with E-state index in [1.54, 1.807) is 0 Å². The first-order valence-corrected chi connectivity index (χ1v) is 19.5. The zero-order chi connectivity index (χ0) is 35.2. The highest BCUT2D eigenvalue weighted by atomic mass is 32.2. The van der Waals surface area contributed by atoms with E-state index < -0.39 is 0 Å². The third-order valence-electron chi connectivity index (χ3n) is 9.93. The average Bonchev–Trinajstić information content (AvgIpc) is 3.19. The first-order chi connectivity index (χ1) is 25.5. The second-order valence-corrected chi connectivity index (χ2v) is 15.5. The molecule has 0 atom stereocenters. The maximum atomic E-state index is 4.60. The Hall–Kier alpha value is -6.17. The summed E-state index contributed by atoms with van der Waals surface area (Å²) in [7, 11) is 0.153. The maximum Gasteiger partial charge on any atom is 0.154 e. The second-order valence-electron chi connectivity index (χ2n) is 13.4. The number of benzene rings is 7. The first kappa shape index (κ1) is 31.8. The molecule has 250 valence electrons. The summed E-state index contributed by atoms with van der Waals surface area (Å²) in [6, 6.07) is 53.0. The van der Waals surface area contributed by atoms with Gasteiger partial charge in [0.1, 0.15) is 12.5 Å². The number of rotatable bonds is 8. The van der Waals surface area contributed by atoms with E-state index >= 15 is 0 Å². The first-order valence-electron chi connectivity index (χ1n) is 17.5. The number of anilines is 6. The molecule has 0 unspecified atom stereocenters. The molecule has 0 fully saturated rings. The summed E-state index contributed by atoms with van der Waals surface area (Å²) in [4.78, 5) is 15.2. The largest absolute Gasteiger partial charge is 0.308 e. The Morgan fingerprint density at radius 3 is 1.50 bits per heavy atom. The van der Waals surface area contributed by atoms with Gasteiger partial charge in [-0.1, -0.05) is 72.3 Å². The van der Waals surface area contributed by atoms with Gasteiger partial charge < -0.3 is 9.80 Å². The number of aryl methyl sites for hydroxylation is 1. The van der Waals surface area contributed by atoms with E-state index in [4.69, 9.17) is 0 Å². The molecule has 52 heavy (non-hydrogen) atoms. The van der Waals surface area contributed by atoms with E-state index in [2.05, 4.69) is 173 Å². The van der Waals surface area contributed by atoms with Crippen LogP contribution in [0.2, 0.25) is 0 Å². The average molecular weight is 690 g/mol. The molecule has 0 N–H and O–H groups in total. The molecule has 0 spiro atoms. The van der Waals surface area contributed by atoms with Crippen molar-refractivity contribution in [3.8, 4) is 11.1 Å². The Bertz CT molecular complexity index is 2620. The van der Waals surface area contributed by atoms with Crippen LogP contribution in [0.15, 0.2) is 175 Å². The summed E-state index contributed by atoms with van der Waals surface area (Å²) in [6.45, 7) is 2.13. The van der Waals surface area contributed by atoms with Gasteiger partial charge in [-0.3, -0.25) is 9.97 Å². The van der Waals surface area contributed by atoms with Crippen LogP contribution in [0.4, 0.5) is 34.1 Å². The molecule has 0 saturated carbocycles. The van der Waals surface area contributed by atoms with Crippen LogP contribution in [0.25, 0.3) is 43.4 Å². The second kappa shape index (κ2) is 13.2. The fourth-order valence-corrected chi connectivity index (χ4v) is 8.11. The molecule has 5 heteroatoms. The van der Waals surface area contributed by atoms with Crippen molar-refractivity contribution in [3.63, 3.8) is 0 Å². The maximum absolute atomic E-state index is 4.60. The Balaban J connectivity index is 1.40. The van der Waals surface area contributed by atoms with E-state index in [1.807, 2.05) is 36.9 Å². The van der Waals surface area contributed by atoms with Gasteiger partial charge in [0.15, 0.2) is 4.90 Å². The van der Waals surface area contributed by atoms with Crippen LogP contribution in [0.3, 0.4) is 0 Å². The molecule has 2 aromatic heterocycles. The van der Waals surface area contributed by atoms with Crippen molar-refractivity contribution >= 4 is 77.3 Å². The van der Waals surface area contributed by atoms with E-state index in [9.17, 15) is 0 Å². The SMILES string of the molecule is Cc1ccc(N(c2cccnc2)c2cc(N(c3ccc([S+](C)C)cc3)c3cccnc3)c3ccc4cc(-c5ccccc5)cc5ccc2c3c54)cc1. The number of hydrogen-bond donors (Lipinski definition) is 0. The fraction of sp³-hybridized carbons (Fsp3) is 0.0638. The number of pyridine rings is 2. The Labute approximate surface area is 307 Å². The normalized spacial score (nSPS) is 11.5. The molecular formula is C47H37N4S+. The summed E-state index contributed by atoms with van der Waals surface area (Å²) in [5.41, 5.74) is 9.95. The van der Waals surface area contributed by atoms with Crippen molar-refractivity contribution in [1.82, 2.24) is 9.97 Å². The standard InChI is InChI=1S/C47H37N4S/c1-32-13-17-37(18-14-32)50(39-11-7-25-48-30-39)44-29-45(51(40-12-8-26-49-31-40)38-19-21-41(22-20-38)52(2)3)43-24-16-35-28-36(33-9-5-4-6-10-33)27-34-15-23-42(44)47(43)46(34)35/h4-31H,1-3H3/q+1. The zero-order valence-corrected chi connectivity index (χ0v) is 30.2. The van der Waals surface area contributed by atoms with Crippen LogP contribution >= 0.6 is 0 Å². The predicted molar refractivity (Wildman–Crippen MR) is 223 cm³/mol. The highest BCUT2D eigenvalue weighted by Crippen LogP contribution is 2.50. The highest BCUT2D eigenvalue weighted by molar-refractivity contribution is 7.95. The lowest BCUT2D eigenvalue weighted by atomic mass is 9.89. The molecule has 0 amide bonds. The van der Waals surface area contributed by atoms with Crippen molar-refractivity contribution in [1.29, 1.82) is 0 Å². The monoisotopic (exact) mass is 689 g/mol. The topological polar surface area (TPSA) is 32.3 Å². The van der Waals surface area contributed by atoms with Gasteiger partial charge in [0.05, 0.1) is 35.1 Å². The molecule has 0 bridgehead atoms. The van der Waals surface area contributed by atoms with Crippen molar-refractivity contribution < 1.29 is 0 Å². The van der Waals surface area contributed by atoms with E-state index in [-0.39, 0.29) is 10.9 Å². The third kappa shape index (κ3) is 5.60. The third-order valence-corrected chi connectivity index (χ3v) is 11.1. The van der Waals surface area contributed by atoms with Gasteiger partial charge >= 0.3 is 0 Å². The van der Waals surface area contributed by atoms with Crippen LogP contribution in [0, 0.1) is 6.92 Å². The van der Waals surface area contributed by atoms with Crippen molar-refractivity contribution in [2.75, 3.05) is 22.3 Å². The van der Waals surface area contributed by atoms with Gasteiger partial charge in [-0.25, -0.2) is 0 Å². The van der Waals surface area contributed by atoms with E-state index in [0.717, 1.165) is 34.1 Å². The van der Waals surface area contributed by atoms with Crippen molar-refractivity contribution in [3.05, 3.63) is 176 Å². The Morgan fingerprint density at radius 2 is 1.00 bits per heavy atom. The lowest BCUT2D eigenvalue weighted by Gasteiger charge is -2.32. The van der Waals surface area contributed by atoms with Gasteiger partial charge in [-0.2, -0.15) is 0 Å². The van der Waals surface area contributed by atoms with Crippen LogP contribution < -0.4 is 9.80 Å². The molecule has 0 saturated heterocycles. The van der Waals surface area contributed by atoms with Crippen LogP contribution in [0.5, 0.6) is 0 Å². The van der Waals surface area contributed by atoms with Gasteiger partial charge in [-0.15, -0.1) is 0 Å². The molecule has 7 aromatic carbocycles. The van der Waals surface area contributed by atoms with Gasteiger partial charge in [-0.05, 0) is 113 Å². The van der Waals surface area contributed by atoms with Crippen LogP contribution in [0.1, 0.15) is 5.56 Å². The van der Waals surface area contributed by atoms with Gasteiger partial charge in [0, 0.05) is 50.8 Å². The summed E-state index contributed by atoms with van der Waals surface area (Å²) in [6.07, 6.45) is 12.1. The lowest BCUT2D eigenvalue weighted by Crippen LogP contribution is -2.15. The van der Waals surface area contributed by atoms with Crippen LogP contribution in [-0.2, 0) is 10.9 Å². The van der Waals surface area contributed by atoms with Crippen LogP contribution in [-0.4, -0.2) is 22.5 Å². The summed E-state index contributed by atoms with van der Waals surface area (Å²) in [5, 5.41) is 7.29. The van der Waals surface area contributed by atoms with E-state index in [0.29, 0.717) is 0 Å². The zero-order valence-electron chi connectivity index (χ0n) is 29.4. The van der Waals surface area contributed by atoms with E-state index in [1.165, 1.54) is 53.9 Å². The smallest absolute Gasteiger partial charge is 0.154 e. The summed E-state index contributed by atoms with van der Waals surface area (Å²) in [5.74, 6) is 0. The molecule has 0 radical (unpaired) electrons. The molecule has 9 rings (SSSR count). The molecule has 4 nitrogen and oxygen atoms in total. The predicted octanol–water partition coefficient (Wildman–Crippen LogP) is 12.5. The number of aromatic nitrogens is 2. The fourth-order valence-electron chi connectivity index (χ4n) is 7.43. The number of hydrogen-bond acceptors (Lipinski definition) is 4. The summed E-state index contributed by atoms with van der Waals surface area (Å²) < 4.78 is 0. The lowest BCUT2D eigenvalue weighted by molar-refractivity contribution is 1.21. The van der Waals surface area contributed by atoms with Gasteiger partial charge in [0.25, 0.3) is 0 Å². The minimum absolute atomic E-state index is 0.153. The molecule has 0 aliphatic carbocycles. The molecule has 2 heterocycles. The molecule has 9 aromatic rings. The van der Waals surface area contributed by atoms with Crippen molar-refractivity contribution in [2.45, 2.75) is 11.8 Å². The summed E-state index contributed by atoms with van der Waals surface area (Å²) >= 11 is 0. The minimum Gasteiger partial charge on any atom is -0.308 e. The van der Waals surface area contributed by atoms with Gasteiger partial charge in [0.2, 0.25) is 0 Å². The Morgan fingerprint density at radius 1 is 0.462 bits per heavy atom. The molecular weight excluding hydrogens is 653 g/mol. The minimum atomic E-state index is 0.153. The molecule has 0 aliphatic heterocycles. The Kier molecular flexibility index (Phi) is 8.06. The quantitative estimate of drug-likeness (QED) is 0.117. The highest BCUT2D eigenvalue weighted by Gasteiger charge is 2.25. The molecule has 0 aliphatic rings.